The second-order valence-electron chi connectivity index (χ2n) is 13.4. The number of nitrogens with one attached hydrogen (secondary N) is 3. The number of halogens is 1. The summed E-state index contributed by atoms with van der Waals surface area (Å²) in [7, 11) is 0. The molecule has 0 bridgehead atoms. The predicted octanol–water partition coefficient (Wildman–Crippen LogP) is 6.67. The number of alkyl carbamates (subject to hydrolysis) is 1. The number of hydrogen-bond donors (Lipinski definition) is 3. The highest BCUT2D eigenvalue weighted by Gasteiger charge is 2.34. The standard InChI is InChI=1S/C34H48FN3O7/c1-5-43-32(41)29-19-24-18-25(15-16-28(24)44-29)36-31(40)26(17-21-9-7-6-8-10-21)37-30(39)23-13-11-22(12-14-23)27(20-35)38-33(42)45-34(2,3)4/h15-16,18-19,21-23,26-27H,5-14,17,20H2,1-4H3,(H,36,40)(H,37,39)(H,38,42)/t22?,23?,26-,27+/m0/s1. The van der Waals surface area contributed by atoms with Crippen LogP contribution in [0.15, 0.2) is 28.7 Å². The highest BCUT2D eigenvalue weighted by Crippen LogP contribution is 2.33. The molecule has 3 amide bonds. The Labute approximate surface area is 264 Å². The molecule has 2 aliphatic carbocycles. The monoisotopic (exact) mass is 629 g/mol. The van der Waals surface area contributed by atoms with Crippen LogP contribution >= 0.6 is 0 Å². The van der Waals surface area contributed by atoms with Gasteiger partial charge < -0.3 is 29.8 Å². The average molecular weight is 630 g/mol. The number of alkyl halides is 1. The lowest BCUT2D eigenvalue weighted by molar-refractivity contribution is -0.130. The third-order valence-corrected chi connectivity index (χ3v) is 8.77. The van der Waals surface area contributed by atoms with Gasteiger partial charge in [0, 0.05) is 17.0 Å². The Morgan fingerprint density at radius 1 is 0.978 bits per heavy atom. The van der Waals surface area contributed by atoms with Gasteiger partial charge in [-0.1, -0.05) is 32.1 Å². The molecule has 0 saturated heterocycles. The van der Waals surface area contributed by atoms with Gasteiger partial charge in [0.25, 0.3) is 0 Å². The summed E-state index contributed by atoms with van der Waals surface area (Å²) in [4.78, 5) is 51.4. The molecule has 2 aliphatic rings. The molecule has 2 atom stereocenters. The summed E-state index contributed by atoms with van der Waals surface area (Å²) in [6.45, 7) is 6.50. The van der Waals surface area contributed by atoms with E-state index >= 15 is 0 Å². The van der Waals surface area contributed by atoms with Gasteiger partial charge >= 0.3 is 12.1 Å². The van der Waals surface area contributed by atoms with Crippen LogP contribution in [-0.2, 0) is 19.1 Å². The fourth-order valence-corrected chi connectivity index (χ4v) is 6.46. The lowest BCUT2D eigenvalue weighted by Gasteiger charge is -2.34. The molecule has 11 heteroatoms. The molecule has 45 heavy (non-hydrogen) atoms. The van der Waals surface area contributed by atoms with Gasteiger partial charge in [-0.25, -0.2) is 14.0 Å². The third kappa shape index (κ3) is 9.93. The van der Waals surface area contributed by atoms with Gasteiger partial charge in [-0.15, -0.1) is 0 Å². The van der Waals surface area contributed by atoms with Crippen LogP contribution in [0.2, 0.25) is 0 Å². The molecule has 1 aromatic carbocycles. The number of hydrogen-bond acceptors (Lipinski definition) is 7. The zero-order valence-corrected chi connectivity index (χ0v) is 26.9. The lowest BCUT2D eigenvalue weighted by Crippen LogP contribution is -2.49. The van der Waals surface area contributed by atoms with Crippen molar-refractivity contribution in [3.63, 3.8) is 0 Å². The number of furan rings is 1. The molecule has 0 aliphatic heterocycles. The van der Waals surface area contributed by atoms with Crippen molar-refractivity contribution in [1.29, 1.82) is 0 Å². The van der Waals surface area contributed by atoms with E-state index in [0.717, 1.165) is 25.7 Å². The Balaban J connectivity index is 1.38. The third-order valence-electron chi connectivity index (χ3n) is 8.77. The number of fused-ring (bicyclic) bond motifs is 1. The average Bonchev–Trinajstić information content (AvgIpc) is 3.43. The molecule has 10 nitrogen and oxygen atoms in total. The Morgan fingerprint density at radius 3 is 2.33 bits per heavy atom. The SMILES string of the molecule is CCOC(=O)c1cc2cc(NC(=O)[C@H](CC3CCCCC3)NC(=O)C3CCC([C@@H](CF)NC(=O)OC(C)(C)C)CC3)ccc2o1. The summed E-state index contributed by atoms with van der Waals surface area (Å²) < 4.78 is 29.8. The zero-order chi connectivity index (χ0) is 32.6. The second kappa shape index (κ2) is 15.6. The van der Waals surface area contributed by atoms with E-state index in [9.17, 15) is 23.6 Å². The number of amides is 3. The van der Waals surface area contributed by atoms with Crippen LogP contribution in [0.5, 0.6) is 0 Å². The summed E-state index contributed by atoms with van der Waals surface area (Å²) in [5.74, 6) is -0.989. The quantitative estimate of drug-likeness (QED) is 0.236. The van der Waals surface area contributed by atoms with Crippen LogP contribution in [-0.4, -0.2) is 54.8 Å². The molecule has 2 saturated carbocycles. The van der Waals surface area contributed by atoms with Crippen LogP contribution in [0, 0.1) is 17.8 Å². The molecular weight excluding hydrogens is 581 g/mol. The topological polar surface area (TPSA) is 136 Å². The highest BCUT2D eigenvalue weighted by atomic mass is 19.1. The smallest absolute Gasteiger partial charge is 0.407 e. The number of anilines is 1. The molecule has 1 aromatic heterocycles. The number of benzene rings is 1. The van der Waals surface area contributed by atoms with Gasteiger partial charge in [0.2, 0.25) is 17.6 Å². The first kappa shape index (κ1) is 34.2. The van der Waals surface area contributed by atoms with Gasteiger partial charge in [-0.3, -0.25) is 9.59 Å². The lowest BCUT2D eigenvalue weighted by atomic mass is 9.78. The number of carbonyl (C=O) groups is 4. The van der Waals surface area contributed by atoms with E-state index in [1.54, 1.807) is 52.0 Å². The second-order valence-corrected chi connectivity index (χ2v) is 13.4. The normalized spacial score (nSPS) is 20.6. The van der Waals surface area contributed by atoms with Crippen molar-refractivity contribution >= 4 is 40.5 Å². The van der Waals surface area contributed by atoms with Crippen molar-refractivity contribution < 1.29 is 37.5 Å². The van der Waals surface area contributed by atoms with Gasteiger partial charge in [-0.2, -0.15) is 0 Å². The van der Waals surface area contributed by atoms with Crippen LogP contribution in [0.1, 0.15) is 102 Å². The molecule has 248 valence electrons. The summed E-state index contributed by atoms with van der Waals surface area (Å²) in [6.07, 6.45) is 7.63. The maximum absolute atomic E-state index is 13.9. The minimum Gasteiger partial charge on any atom is -0.460 e. The van der Waals surface area contributed by atoms with Crippen LogP contribution < -0.4 is 16.0 Å². The number of rotatable bonds is 11. The first-order valence-electron chi connectivity index (χ1n) is 16.3. The first-order chi connectivity index (χ1) is 21.5. The molecule has 3 N–H and O–H groups in total. The van der Waals surface area contributed by atoms with E-state index in [1.165, 1.54) is 6.42 Å². The molecular formula is C34H48FN3O7. The molecule has 2 aromatic rings. The van der Waals surface area contributed by atoms with E-state index in [-0.39, 0.29) is 36.0 Å². The summed E-state index contributed by atoms with van der Waals surface area (Å²) in [5.41, 5.74) is 0.345. The highest BCUT2D eigenvalue weighted by molar-refractivity contribution is 5.99. The fraction of sp³-hybridized carbons (Fsp3) is 0.647. The summed E-state index contributed by atoms with van der Waals surface area (Å²) in [6, 6.07) is 5.31. The minimum atomic E-state index is -0.709. The number of esters is 1. The van der Waals surface area contributed by atoms with Crippen molar-refractivity contribution in [2.75, 3.05) is 18.6 Å². The predicted molar refractivity (Wildman–Crippen MR) is 169 cm³/mol. The van der Waals surface area contributed by atoms with E-state index in [0.29, 0.717) is 54.7 Å². The fourth-order valence-electron chi connectivity index (χ4n) is 6.46. The zero-order valence-electron chi connectivity index (χ0n) is 26.9. The molecule has 0 radical (unpaired) electrons. The maximum atomic E-state index is 13.9. The molecule has 4 rings (SSSR count). The Hall–Kier alpha value is -3.63. The van der Waals surface area contributed by atoms with E-state index < -0.39 is 36.4 Å². The Morgan fingerprint density at radius 2 is 1.69 bits per heavy atom. The van der Waals surface area contributed by atoms with E-state index in [2.05, 4.69) is 16.0 Å². The van der Waals surface area contributed by atoms with Crippen LogP contribution in [0.4, 0.5) is 14.9 Å². The van der Waals surface area contributed by atoms with E-state index in [1.807, 2.05) is 0 Å². The molecule has 0 spiro atoms. The molecule has 2 fully saturated rings. The maximum Gasteiger partial charge on any atom is 0.407 e. The van der Waals surface area contributed by atoms with Crippen LogP contribution in [0.25, 0.3) is 11.0 Å². The van der Waals surface area contributed by atoms with Crippen LogP contribution in [0.3, 0.4) is 0 Å². The van der Waals surface area contributed by atoms with Gasteiger partial charge in [0.1, 0.15) is 23.9 Å². The van der Waals surface area contributed by atoms with Crippen molar-refractivity contribution in [3.05, 3.63) is 30.0 Å². The van der Waals surface area contributed by atoms with E-state index in [4.69, 9.17) is 13.9 Å². The first-order valence-corrected chi connectivity index (χ1v) is 16.3. The molecule has 0 unspecified atom stereocenters. The minimum absolute atomic E-state index is 0.0888. The van der Waals surface area contributed by atoms with Crippen molar-refractivity contribution in [2.24, 2.45) is 17.8 Å². The van der Waals surface area contributed by atoms with Gasteiger partial charge in [-0.05, 0) is 95.9 Å². The largest absolute Gasteiger partial charge is 0.460 e. The Kier molecular flexibility index (Phi) is 11.9. The van der Waals surface area contributed by atoms with Gasteiger partial charge in [0.05, 0.1) is 12.6 Å². The van der Waals surface area contributed by atoms with Gasteiger partial charge in [0.15, 0.2) is 0 Å². The summed E-state index contributed by atoms with van der Waals surface area (Å²) in [5, 5.41) is 9.30. The summed E-state index contributed by atoms with van der Waals surface area (Å²) >= 11 is 0. The van der Waals surface area contributed by atoms with Crippen molar-refractivity contribution in [1.82, 2.24) is 10.6 Å². The Bertz CT molecular complexity index is 1320. The van der Waals surface area contributed by atoms with Crippen molar-refractivity contribution in [2.45, 2.75) is 110 Å². The van der Waals surface area contributed by atoms with Crippen molar-refractivity contribution in [3.8, 4) is 0 Å². The number of ether oxygens (including phenoxy) is 2. The number of carbonyl (C=O) groups excluding carboxylic acids is 4. The molecule has 1 heterocycles.